The third kappa shape index (κ3) is 8.98. The van der Waals surface area contributed by atoms with Gasteiger partial charge in [0.2, 0.25) is 5.91 Å². The van der Waals surface area contributed by atoms with Crippen LogP contribution in [-0.4, -0.2) is 61.1 Å². The van der Waals surface area contributed by atoms with Gasteiger partial charge in [-0.15, -0.1) is 0 Å². The van der Waals surface area contributed by atoms with Crippen molar-refractivity contribution >= 4 is 12.0 Å². The van der Waals surface area contributed by atoms with Crippen LogP contribution in [0, 0.1) is 11.8 Å². The highest BCUT2D eigenvalue weighted by molar-refractivity contribution is 5.87. The summed E-state index contributed by atoms with van der Waals surface area (Å²) >= 11 is 0. The second-order valence-electron chi connectivity index (χ2n) is 11.1. The lowest BCUT2D eigenvalue weighted by molar-refractivity contribution is -0.237. The molecule has 0 radical (unpaired) electrons. The minimum atomic E-state index is -0.458. The molecule has 1 N–H and O–H groups in total. The zero-order valence-corrected chi connectivity index (χ0v) is 23.9. The van der Waals surface area contributed by atoms with Gasteiger partial charge in [0.1, 0.15) is 6.10 Å². The number of likely N-dealkylation sites (N-methyl/N-ethyl adjacent to an activating group) is 1. The summed E-state index contributed by atoms with van der Waals surface area (Å²) in [6.45, 7) is 11.2. The molecular formula is C31H46N2O5. The van der Waals surface area contributed by atoms with E-state index < -0.39 is 6.29 Å². The number of carbonyl (C=O) groups excluding carboxylic acids is 2. The zero-order chi connectivity index (χ0) is 27.7. The van der Waals surface area contributed by atoms with Crippen LogP contribution in [0.5, 0.6) is 0 Å². The molecule has 0 aromatic carbocycles. The molecule has 7 heteroatoms. The van der Waals surface area contributed by atoms with Crippen molar-refractivity contribution in [3.63, 3.8) is 0 Å². The third-order valence-corrected chi connectivity index (χ3v) is 7.55. The monoisotopic (exact) mass is 526 g/mol. The molecule has 3 heterocycles. The average molecular weight is 527 g/mol. The van der Waals surface area contributed by atoms with Crippen molar-refractivity contribution in [1.29, 1.82) is 0 Å². The summed E-state index contributed by atoms with van der Waals surface area (Å²) in [7, 11) is 1.75. The minimum absolute atomic E-state index is 0.0717. The van der Waals surface area contributed by atoms with Crippen molar-refractivity contribution in [3.8, 4) is 0 Å². The molecule has 0 aromatic heterocycles. The lowest BCUT2D eigenvalue weighted by atomic mass is 9.97. The van der Waals surface area contributed by atoms with Gasteiger partial charge >= 0.3 is 6.09 Å². The molecule has 7 atom stereocenters. The van der Waals surface area contributed by atoms with E-state index in [1.54, 1.807) is 24.1 Å². The third-order valence-electron chi connectivity index (χ3n) is 7.55. The predicted molar refractivity (Wildman–Crippen MR) is 150 cm³/mol. The van der Waals surface area contributed by atoms with Gasteiger partial charge in [-0.2, -0.15) is 0 Å². The fourth-order valence-electron chi connectivity index (χ4n) is 5.24. The standard InChI is InChI=1S/C31H46N2O5/c1-21-12-8-7-9-13-23(3)20-32-28(34)15-11-10-14-24(4)26(17-16-22(2)18-21)37-29-19-27-30(25(5)36-29)33(6)31(35)38-27/h7-8,10-12,14-16,23-27,29-30H,9,13,17-20H2,1-6H3,(H,32,34)/b8-7+,14-10+,15-11+,21-12+,22-16+/t23-,24-,25+,26-,27-,29?,30?/m0/s1. The van der Waals surface area contributed by atoms with E-state index in [1.165, 1.54) is 11.1 Å². The van der Waals surface area contributed by atoms with E-state index in [9.17, 15) is 9.59 Å². The van der Waals surface area contributed by atoms with Crippen LogP contribution in [0.1, 0.15) is 66.7 Å². The highest BCUT2D eigenvalue weighted by atomic mass is 16.7. The van der Waals surface area contributed by atoms with Crippen LogP contribution in [0.15, 0.2) is 59.8 Å². The van der Waals surface area contributed by atoms with E-state index in [1.807, 2.05) is 13.0 Å². The van der Waals surface area contributed by atoms with Gasteiger partial charge in [0.25, 0.3) is 0 Å². The zero-order valence-electron chi connectivity index (χ0n) is 23.9. The number of nitrogens with one attached hydrogen (secondary N) is 1. The van der Waals surface area contributed by atoms with Gasteiger partial charge in [0, 0.05) is 32.0 Å². The number of amides is 2. The summed E-state index contributed by atoms with van der Waals surface area (Å²) in [4.78, 5) is 25.9. The first-order valence-corrected chi connectivity index (χ1v) is 14.0. The molecule has 210 valence electrons. The predicted octanol–water partition coefficient (Wildman–Crippen LogP) is 5.85. The Morgan fingerprint density at radius 2 is 1.87 bits per heavy atom. The van der Waals surface area contributed by atoms with Crippen LogP contribution in [-0.2, 0) is 19.0 Å². The van der Waals surface area contributed by atoms with Crippen molar-refractivity contribution in [1.82, 2.24) is 10.2 Å². The summed E-state index contributed by atoms with van der Waals surface area (Å²) in [5.41, 5.74) is 2.60. The second-order valence-corrected chi connectivity index (χ2v) is 11.1. The van der Waals surface area contributed by atoms with Crippen molar-refractivity contribution in [2.45, 2.75) is 97.4 Å². The normalized spacial score (nSPS) is 39.4. The smallest absolute Gasteiger partial charge is 0.410 e. The summed E-state index contributed by atoms with van der Waals surface area (Å²) in [6, 6.07) is -0.0938. The van der Waals surface area contributed by atoms with Crippen molar-refractivity contribution in [2.24, 2.45) is 11.8 Å². The quantitative estimate of drug-likeness (QED) is 0.457. The molecule has 3 aliphatic rings. The lowest BCUT2D eigenvalue weighted by Crippen LogP contribution is -2.51. The van der Waals surface area contributed by atoms with Crippen LogP contribution in [0.25, 0.3) is 0 Å². The van der Waals surface area contributed by atoms with Gasteiger partial charge in [0.05, 0.1) is 18.2 Å². The highest BCUT2D eigenvalue weighted by Gasteiger charge is 2.48. The van der Waals surface area contributed by atoms with E-state index in [-0.39, 0.29) is 42.3 Å². The summed E-state index contributed by atoms with van der Waals surface area (Å²) in [6.07, 6.45) is 18.9. The number of hydrogen-bond donors (Lipinski definition) is 1. The number of nitrogens with zero attached hydrogens (tertiary/aromatic N) is 1. The van der Waals surface area contributed by atoms with E-state index >= 15 is 0 Å². The molecule has 0 saturated carbocycles. The van der Waals surface area contributed by atoms with Gasteiger partial charge in [-0.1, -0.05) is 67.5 Å². The maximum absolute atomic E-state index is 12.2. The lowest BCUT2D eigenvalue weighted by Gasteiger charge is -2.38. The number of carbonyl (C=O) groups is 2. The molecule has 38 heavy (non-hydrogen) atoms. The first kappa shape index (κ1) is 29.9. The SMILES string of the molecule is C/C1=C\C=C\CC[C@H](C)CNC(=O)/C=C/C=C/[C@H](C)[C@@H](OC2C[C@@H]3OC(=O)N(C)C3[C@@H](C)O2)C/C=C(\C)C1. The van der Waals surface area contributed by atoms with Crippen LogP contribution < -0.4 is 5.32 Å². The molecule has 2 saturated heterocycles. The molecule has 0 aliphatic carbocycles. The highest BCUT2D eigenvalue weighted by Crippen LogP contribution is 2.33. The molecule has 7 nitrogen and oxygen atoms in total. The molecule has 3 rings (SSSR count). The Labute approximate surface area is 228 Å². The van der Waals surface area contributed by atoms with Gasteiger partial charge in [-0.05, 0) is 52.4 Å². The minimum Gasteiger partial charge on any atom is -0.444 e. The maximum Gasteiger partial charge on any atom is 0.410 e. The molecule has 0 spiro atoms. The Balaban J connectivity index is 1.74. The number of ether oxygens (including phenoxy) is 3. The summed E-state index contributed by atoms with van der Waals surface area (Å²) < 4.78 is 18.3. The topological polar surface area (TPSA) is 77.1 Å². The average Bonchev–Trinajstić information content (AvgIpc) is 3.15. The Bertz CT molecular complexity index is 965. The summed E-state index contributed by atoms with van der Waals surface area (Å²) in [5.74, 6) is 0.404. The van der Waals surface area contributed by atoms with Crippen molar-refractivity contribution < 1.29 is 23.8 Å². The Kier molecular flexibility index (Phi) is 11.4. The number of hydrogen-bond acceptors (Lipinski definition) is 5. The largest absolute Gasteiger partial charge is 0.444 e. The van der Waals surface area contributed by atoms with Crippen LogP contribution in [0.3, 0.4) is 0 Å². The van der Waals surface area contributed by atoms with Crippen LogP contribution >= 0.6 is 0 Å². The number of rotatable bonds is 2. The van der Waals surface area contributed by atoms with E-state index in [0.717, 1.165) is 25.7 Å². The van der Waals surface area contributed by atoms with Gasteiger partial charge in [-0.25, -0.2) is 4.79 Å². The first-order chi connectivity index (χ1) is 18.1. The first-order valence-electron chi connectivity index (χ1n) is 14.0. The number of allylic oxidation sites excluding steroid dienone is 7. The fourth-order valence-corrected chi connectivity index (χ4v) is 5.24. The van der Waals surface area contributed by atoms with E-state index in [4.69, 9.17) is 14.2 Å². The van der Waals surface area contributed by atoms with E-state index in [0.29, 0.717) is 18.9 Å². The Morgan fingerprint density at radius 3 is 2.66 bits per heavy atom. The van der Waals surface area contributed by atoms with Crippen molar-refractivity contribution in [2.75, 3.05) is 13.6 Å². The molecule has 0 aromatic rings. The van der Waals surface area contributed by atoms with Gasteiger partial charge in [-0.3, -0.25) is 4.79 Å². The second kappa shape index (κ2) is 14.5. The van der Waals surface area contributed by atoms with Crippen LogP contribution in [0.4, 0.5) is 4.79 Å². The Morgan fingerprint density at radius 1 is 1.08 bits per heavy atom. The summed E-state index contributed by atoms with van der Waals surface area (Å²) in [5, 5.41) is 2.99. The Hall–Kier alpha value is -2.64. The molecule has 2 amide bonds. The van der Waals surface area contributed by atoms with E-state index in [2.05, 4.69) is 63.4 Å². The van der Waals surface area contributed by atoms with Crippen LogP contribution in [0.2, 0.25) is 0 Å². The fraction of sp³-hybridized carbons (Fsp3) is 0.613. The molecule has 2 unspecified atom stereocenters. The maximum atomic E-state index is 12.2. The van der Waals surface area contributed by atoms with Crippen molar-refractivity contribution in [3.05, 3.63) is 59.8 Å². The molecule has 3 aliphatic heterocycles. The molecular weight excluding hydrogens is 480 g/mol. The molecule has 2 fully saturated rings. The van der Waals surface area contributed by atoms with Gasteiger partial charge < -0.3 is 24.4 Å². The van der Waals surface area contributed by atoms with Gasteiger partial charge in [0.15, 0.2) is 6.29 Å². The molecule has 0 bridgehead atoms. The number of fused-ring (bicyclic) bond motifs is 1.